The summed E-state index contributed by atoms with van der Waals surface area (Å²) in [6.45, 7) is 6.29. The van der Waals surface area contributed by atoms with Crippen molar-refractivity contribution in [2.45, 2.75) is 26.7 Å². The van der Waals surface area contributed by atoms with Gasteiger partial charge in [-0.15, -0.1) is 0 Å². The first kappa shape index (κ1) is 9.19. The highest BCUT2D eigenvalue weighted by atomic mass is 15.1. The second-order valence-corrected chi connectivity index (χ2v) is 3.97. The molecule has 74 valence electrons. The maximum Gasteiger partial charge on any atom is 0.106 e. The predicted molar refractivity (Wildman–Crippen MR) is 57.3 cm³/mol. The van der Waals surface area contributed by atoms with Gasteiger partial charge in [0, 0.05) is 12.7 Å². The molecule has 0 bridgehead atoms. The Kier molecular flexibility index (Phi) is 2.02. The molecule has 0 saturated heterocycles. The van der Waals surface area contributed by atoms with Crippen molar-refractivity contribution in [2.24, 2.45) is 7.05 Å². The molecule has 14 heavy (non-hydrogen) atoms. The van der Waals surface area contributed by atoms with Crippen LogP contribution in [0.25, 0.3) is 11.0 Å². The van der Waals surface area contributed by atoms with Crippen LogP contribution in [0.15, 0.2) is 12.3 Å². The molecule has 2 heterocycles. The van der Waals surface area contributed by atoms with Crippen molar-refractivity contribution in [1.29, 1.82) is 0 Å². The summed E-state index contributed by atoms with van der Waals surface area (Å²) in [4.78, 5) is 8.90. The van der Waals surface area contributed by atoms with E-state index in [1.807, 2.05) is 20.2 Å². The minimum Gasteiger partial charge on any atom is -0.330 e. The monoisotopic (exact) mass is 189 g/mol. The van der Waals surface area contributed by atoms with E-state index in [1.165, 1.54) is 0 Å². The van der Waals surface area contributed by atoms with Crippen molar-refractivity contribution in [3.63, 3.8) is 0 Å². The van der Waals surface area contributed by atoms with Gasteiger partial charge in [0.2, 0.25) is 0 Å². The van der Waals surface area contributed by atoms with Crippen LogP contribution < -0.4 is 0 Å². The molecule has 3 nitrogen and oxygen atoms in total. The van der Waals surface area contributed by atoms with Gasteiger partial charge < -0.3 is 4.57 Å². The molecule has 0 aliphatic rings. The minimum absolute atomic E-state index is 0.460. The van der Waals surface area contributed by atoms with Crippen molar-refractivity contribution in [3.05, 3.63) is 23.8 Å². The highest BCUT2D eigenvalue weighted by Crippen LogP contribution is 2.18. The smallest absolute Gasteiger partial charge is 0.106 e. The first-order valence-corrected chi connectivity index (χ1v) is 4.88. The van der Waals surface area contributed by atoms with E-state index in [4.69, 9.17) is 0 Å². The summed E-state index contributed by atoms with van der Waals surface area (Å²) < 4.78 is 2.06. The van der Waals surface area contributed by atoms with Crippen LogP contribution in [0.4, 0.5) is 0 Å². The summed E-state index contributed by atoms with van der Waals surface area (Å²) >= 11 is 0. The molecule has 0 radical (unpaired) electrons. The second kappa shape index (κ2) is 3.08. The molecule has 0 amide bonds. The van der Waals surface area contributed by atoms with E-state index in [1.54, 1.807) is 0 Å². The molecule has 0 N–H and O–H groups in total. The zero-order valence-electron chi connectivity index (χ0n) is 9.07. The Morgan fingerprint density at radius 2 is 2.07 bits per heavy atom. The number of nitrogens with zero attached hydrogens (tertiary/aromatic N) is 3. The quantitative estimate of drug-likeness (QED) is 0.689. The molecule has 2 aromatic rings. The summed E-state index contributed by atoms with van der Waals surface area (Å²) in [5.74, 6) is 1.49. The van der Waals surface area contributed by atoms with Crippen LogP contribution in [0.1, 0.15) is 31.3 Å². The van der Waals surface area contributed by atoms with E-state index >= 15 is 0 Å². The van der Waals surface area contributed by atoms with Crippen molar-refractivity contribution in [1.82, 2.24) is 14.5 Å². The standard InChI is InChI=1S/C11H15N3/c1-7(2)9-5-10-11(6-12-9)14(4)8(3)13-10/h5-7H,1-4H3. The molecule has 0 atom stereocenters. The maximum absolute atomic E-state index is 4.48. The molecule has 0 unspecified atom stereocenters. The van der Waals surface area contributed by atoms with Gasteiger partial charge in [0.15, 0.2) is 0 Å². The number of fused-ring (bicyclic) bond motifs is 1. The zero-order chi connectivity index (χ0) is 10.3. The van der Waals surface area contributed by atoms with E-state index < -0.39 is 0 Å². The van der Waals surface area contributed by atoms with Crippen LogP contribution in [-0.4, -0.2) is 14.5 Å². The number of pyridine rings is 1. The first-order chi connectivity index (χ1) is 6.59. The molecule has 0 aliphatic carbocycles. The third kappa shape index (κ3) is 1.29. The van der Waals surface area contributed by atoms with Gasteiger partial charge in [0.05, 0.1) is 17.2 Å². The fourth-order valence-corrected chi connectivity index (χ4v) is 1.54. The summed E-state index contributed by atoms with van der Waals surface area (Å²) in [5, 5.41) is 0. The van der Waals surface area contributed by atoms with Crippen molar-refractivity contribution in [3.8, 4) is 0 Å². The van der Waals surface area contributed by atoms with Gasteiger partial charge in [-0.05, 0) is 18.9 Å². The predicted octanol–water partition coefficient (Wildman–Crippen LogP) is 2.40. The molecule has 0 fully saturated rings. The van der Waals surface area contributed by atoms with Crippen molar-refractivity contribution >= 4 is 11.0 Å². The Labute approximate surface area is 83.8 Å². The highest BCUT2D eigenvalue weighted by Gasteiger charge is 2.07. The lowest BCUT2D eigenvalue weighted by Gasteiger charge is -2.03. The minimum atomic E-state index is 0.460. The van der Waals surface area contributed by atoms with Crippen LogP contribution >= 0.6 is 0 Å². The zero-order valence-corrected chi connectivity index (χ0v) is 9.07. The molecular weight excluding hydrogens is 174 g/mol. The number of imidazole rings is 1. The normalized spacial score (nSPS) is 11.5. The van der Waals surface area contributed by atoms with Gasteiger partial charge in [-0.25, -0.2) is 4.98 Å². The molecule has 3 heteroatoms. The van der Waals surface area contributed by atoms with Crippen LogP contribution in [0.2, 0.25) is 0 Å². The summed E-state index contributed by atoms with van der Waals surface area (Å²) in [5.41, 5.74) is 3.26. The molecule has 2 rings (SSSR count). The third-order valence-corrected chi connectivity index (χ3v) is 2.60. The van der Waals surface area contributed by atoms with Crippen LogP contribution in [0, 0.1) is 6.92 Å². The lowest BCUT2D eigenvalue weighted by Crippen LogP contribution is -1.93. The Balaban J connectivity index is 2.67. The van der Waals surface area contributed by atoms with Gasteiger partial charge in [0.1, 0.15) is 5.82 Å². The SMILES string of the molecule is Cc1nc2cc(C(C)C)ncc2n1C. The third-order valence-electron chi connectivity index (χ3n) is 2.60. The second-order valence-electron chi connectivity index (χ2n) is 3.97. The maximum atomic E-state index is 4.48. The number of aryl methyl sites for hydroxylation is 2. The summed E-state index contributed by atoms with van der Waals surface area (Å²) in [6.07, 6.45) is 1.91. The molecular formula is C11H15N3. The molecule has 0 aliphatic heterocycles. The van der Waals surface area contributed by atoms with E-state index in [-0.39, 0.29) is 0 Å². The van der Waals surface area contributed by atoms with E-state index in [9.17, 15) is 0 Å². The van der Waals surface area contributed by atoms with Crippen molar-refractivity contribution < 1.29 is 0 Å². The van der Waals surface area contributed by atoms with Crippen LogP contribution in [0.3, 0.4) is 0 Å². The Hall–Kier alpha value is -1.38. The fourth-order valence-electron chi connectivity index (χ4n) is 1.54. The van der Waals surface area contributed by atoms with E-state index in [2.05, 4.69) is 34.4 Å². The molecule has 0 saturated carbocycles. The molecule has 0 spiro atoms. The van der Waals surface area contributed by atoms with Crippen molar-refractivity contribution in [2.75, 3.05) is 0 Å². The average Bonchev–Trinajstić information content (AvgIpc) is 2.42. The number of hydrogen-bond acceptors (Lipinski definition) is 2. The Morgan fingerprint density at radius 1 is 1.36 bits per heavy atom. The lowest BCUT2D eigenvalue weighted by molar-refractivity contribution is 0.824. The highest BCUT2D eigenvalue weighted by molar-refractivity contribution is 5.75. The number of aromatic nitrogens is 3. The largest absolute Gasteiger partial charge is 0.330 e. The van der Waals surface area contributed by atoms with E-state index in [0.717, 1.165) is 22.6 Å². The Bertz CT molecular complexity index is 469. The molecule has 0 aromatic carbocycles. The van der Waals surface area contributed by atoms with Crippen LogP contribution in [-0.2, 0) is 7.05 Å². The van der Waals surface area contributed by atoms with E-state index in [0.29, 0.717) is 5.92 Å². The van der Waals surface area contributed by atoms with Gasteiger partial charge in [0.25, 0.3) is 0 Å². The van der Waals surface area contributed by atoms with Gasteiger partial charge in [-0.3, -0.25) is 4.98 Å². The van der Waals surface area contributed by atoms with Crippen LogP contribution in [0.5, 0.6) is 0 Å². The van der Waals surface area contributed by atoms with Gasteiger partial charge in [-0.2, -0.15) is 0 Å². The first-order valence-electron chi connectivity index (χ1n) is 4.88. The topological polar surface area (TPSA) is 30.7 Å². The Morgan fingerprint density at radius 3 is 2.71 bits per heavy atom. The average molecular weight is 189 g/mol. The number of rotatable bonds is 1. The summed E-state index contributed by atoms with van der Waals surface area (Å²) in [6, 6.07) is 2.08. The van der Waals surface area contributed by atoms with Gasteiger partial charge >= 0.3 is 0 Å². The fraction of sp³-hybridized carbons (Fsp3) is 0.455. The molecule has 2 aromatic heterocycles. The number of hydrogen-bond donors (Lipinski definition) is 0. The summed E-state index contributed by atoms with van der Waals surface area (Å²) in [7, 11) is 2.02. The lowest BCUT2D eigenvalue weighted by atomic mass is 10.1. The van der Waals surface area contributed by atoms with Gasteiger partial charge in [-0.1, -0.05) is 13.8 Å².